The fourth-order valence-corrected chi connectivity index (χ4v) is 1.61. The van der Waals surface area contributed by atoms with Crippen LogP contribution in [0.25, 0.3) is 0 Å². The van der Waals surface area contributed by atoms with Gasteiger partial charge in [0.1, 0.15) is 12.7 Å². The van der Waals surface area contributed by atoms with E-state index in [1.807, 2.05) is 20.1 Å². The van der Waals surface area contributed by atoms with Gasteiger partial charge in [-0.05, 0) is 13.2 Å². The van der Waals surface area contributed by atoms with E-state index in [9.17, 15) is 5.11 Å². The van der Waals surface area contributed by atoms with Crippen LogP contribution in [0.2, 0.25) is 0 Å². The Morgan fingerprint density at radius 3 is 2.85 bits per heavy atom. The molecule has 0 amide bonds. The Labute approximate surface area is 82.4 Å². The van der Waals surface area contributed by atoms with Gasteiger partial charge in [-0.3, -0.25) is 4.68 Å². The molecule has 0 spiro atoms. The van der Waals surface area contributed by atoms with Gasteiger partial charge in [0.05, 0.1) is 12.1 Å². The van der Waals surface area contributed by atoms with Crippen molar-refractivity contribution >= 4 is 11.8 Å². The standard InChI is InChI=1S/C8H15N3OS/c1-7(13-3)8(2,12)4-11-6-9-5-10-11/h5-7,12H,4H2,1-3H3. The Bertz CT molecular complexity index is 248. The second-order valence-corrected chi connectivity index (χ2v) is 4.51. The summed E-state index contributed by atoms with van der Waals surface area (Å²) in [4.78, 5) is 3.83. The van der Waals surface area contributed by atoms with E-state index in [1.54, 1.807) is 22.8 Å². The molecule has 0 aromatic carbocycles. The minimum atomic E-state index is -0.743. The van der Waals surface area contributed by atoms with Gasteiger partial charge in [0.25, 0.3) is 0 Å². The van der Waals surface area contributed by atoms with Gasteiger partial charge in [-0.25, -0.2) is 4.98 Å². The van der Waals surface area contributed by atoms with Crippen molar-refractivity contribution in [1.82, 2.24) is 14.8 Å². The molecule has 0 fully saturated rings. The Morgan fingerprint density at radius 1 is 1.69 bits per heavy atom. The summed E-state index contributed by atoms with van der Waals surface area (Å²) >= 11 is 1.64. The average Bonchev–Trinajstić information content (AvgIpc) is 2.54. The normalized spacial score (nSPS) is 18.2. The lowest BCUT2D eigenvalue weighted by atomic mass is 10.0. The van der Waals surface area contributed by atoms with Crippen LogP contribution < -0.4 is 0 Å². The van der Waals surface area contributed by atoms with Crippen molar-refractivity contribution < 1.29 is 5.11 Å². The molecule has 74 valence electrons. The maximum atomic E-state index is 10.0. The summed E-state index contributed by atoms with van der Waals surface area (Å²) in [5, 5.41) is 14.2. The molecule has 0 aliphatic rings. The minimum Gasteiger partial charge on any atom is -0.387 e. The fraction of sp³-hybridized carbons (Fsp3) is 0.750. The van der Waals surface area contributed by atoms with Crippen molar-refractivity contribution in [2.75, 3.05) is 6.26 Å². The Morgan fingerprint density at radius 2 is 2.38 bits per heavy atom. The van der Waals surface area contributed by atoms with E-state index in [1.165, 1.54) is 6.33 Å². The first kappa shape index (κ1) is 10.5. The third-order valence-electron chi connectivity index (χ3n) is 2.18. The van der Waals surface area contributed by atoms with Gasteiger partial charge in [-0.15, -0.1) is 0 Å². The van der Waals surface area contributed by atoms with E-state index < -0.39 is 5.60 Å². The van der Waals surface area contributed by atoms with Gasteiger partial charge in [0.15, 0.2) is 0 Å². The summed E-state index contributed by atoms with van der Waals surface area (Å²) in [6.07, 6.45) is 5.07. The van der Waals surface area contributed by atoms with E-state index in [4.69, 9.17) is 0 Å². The van der Waals surface area contributed by atoms with Crippen molar-refractivity contribution in [2.24, 2.45) is 0 Å². The molecule has 4 nitrogen and oxygen atoms in total. The molecule has 0 aliphatic carbocycles. The molecule has 2 unspecified atom stereocenters. The third-order valence-corrected chi connectivity index (χ3v) is 3.39. The molecule has 1 heterocycles. The number of thioether (sulfide) groups is 1. The Balaban J connectivity index is 2.61. The largest absolute Gasteiger partial charge is 0.387 e. The average molecular weight is 201 g/mol. The van der Waals surface area contributed by atoms with E-state index in [0.29, 0.717) is 6.54 Å². The van der Waals surface area contributed by atoms with Crippen molar-refractivity contribution in [3.63, 3.8) is 0 Å². The first-order valence-corrected chi connectivity index (χ1v) is 5.42. The van der Waals surface area contributed by atoms with E-state index >= 15 is 0 Å². The third kappa shape index (κ3) is 2.70. The maximum absolute atomic E-state index is 10.0. The predicted molar refractivity (Wildman–Crippen MR) is 53.6 cm³/mol. The van der Waals surface area contributed by atoms with E-state index in [-0.39, 0.29) is 5.25 Å². The van der Waals surface area contributed by atoms with E-state index in [2.05, 4.69) is 10.1 Å². The molecule has 1 N–H and O–H groups in total. The first-order chi connectivity index (χ1) is 6.06. The summed E-state index contributed by atoms with van der Waals surface area (Å²) in [6, 6.07) is 0. The Kier molecular flexibility index (Phi) is 3.33. The number of rotatable bonds is 4. The van der Waals surface area contributed by atoms with Crippen LogP contribution in [-0.4, -0.2) is 37.0 Å². The van der Waals surface area contributed by atoms with Crippen molar-refractivity contribution in [3.05, 3.63) is 12.7 Å². The molecular weight excluding hydrogens is 186 g/mol. The maximum Gasteiger partial charge on any atom is 0.137 e. The highest BCUT2D eigenvalue weighted by Crippen LogP contribution is 2.22. The fourth-order valence-electron chi connectivity index (χ4n) is 1.02. The zero-order valence-electron chi connectivity index (χ0n) is 8.14. The lowest BCUT2D eigenvalue weighted by molar-refractivity contribution is 0.0401. The number of aliphatic hydroxyl groups is 1. The molecular formula is C8H15N3OS. The summed E-state index contributed by atoms with van der Waals surface area (Å²) in [5.41, 5.74) is -0.743. The zero-order chi connectivity index (χ0) is 9.90. The summed E-state index contributed by atoms with van der Waals surface area (Å²) in [5.74, 6) is 0. The highest BCUT2D eigenvalue weighted by molar-refractivity contribution is 7.99. The number of nitrogens with zero attached hydrogens (tertiary/aromatic N) is 3. The monoisotopic (exact) mass is 201 g/mol. The quantitative estimate of drug-likeness (QED) is 0.782. The minimum absolute atomic E-state index is 0.177. The SMILES string of the molecule is CSC(C)C(C)(O)Cn1cncn1. The van der Waals surface area contributed by atoms with Gasteiger partial charge in [-0.2, -0.15) is 16.9 Å². The Hall–Kier alpha value is -0.550. The van der Waals surface area contributed by atoms with Gasteiger partial charge in [0, 0.05) is 5.25 Å². The van der Waals surface area contributed by atoms with Crippen LogP contribution in [0, 0.1) is 0 Å². The van der Waals surface area contributed by atoms with Gasteiger partial charge < -0.3 is 5.11 Å². The molecule has 1 rings (SSSR count). The van der Waals surface area contributed by atoms with Gasteiger partial charge in [-0.1, -0.05) is 6.92 Å². The number of hydrogen-bond acceptors (Lipinski definition) is 4. The lowest BCUT2D eigenvalue weighted by Crippen LogP contribution is -2.39. The molecule has 1 aromatic rings. The zero-order valence-corrected chi connectivity index (χ0v) is 8.95. The van der Waals surface area contributed by atoms with Crippen LogP contribution in [0.1, 0.15) is 13.8 Å². The first-order valence-electron chi connectivity index (χ1n) is 4.14. The number of aromatic nitrogens is 3. The highest BCUT2D eigenvalue weighted by atomic mass is 32.2. The molecule has 0 radical (unpaired) electrons. The molecule has 0 saturated heterocycles. The van der Waals surface area contributed by atoms with Crippen LogP contribution in [0.3, 0.4) is 0 Å². The predicted octanol–water partition coefficient (Wildman–Crippen LogP) is 0.781. The van der Waals surface area contributed by atoms with Crippen LogP contribution in [-0.2, 0) is 6.54 Å². The molecule has 0 saturated carbocycles. The van der Waals surface area contributed by atoms with Gasteiger partial charge in [0.2, 0.25) is 0 Å². The van der Waals surface area contributed by atoms with Crippen LogP contribution in [0.4, 0.5) is 0 Å². The molecule has 0 aliphatic heterocycles. The summed E-state index contributed by atoms with van der Waals surface area (Å²) in [6.45, 7) is 4.30. The smallest absolute Gasteiger partial charge is 0.137 e. The van der Waals surface area contributed by atoms with E-state index in [0.717, 1.165) is 0 Å². The molecule has 0 bridgehead atoms. The molecule has 2 atom stereocenters. The molecule has 13 heavy (non-hydrogen) atoms. The van der Waals surface area contributed by atoms with Crippen molar-refractivity contribution in [2.45, 2.75) is 31.2 Å². The highest BCUT2D eigenvalue weighted by Gasteiger charge is 2.28. The van der Waals surface area contributed by atoms with Gasteiger partial charge >= 0.3 is 0 Å². The second-order valence-electron chi connectivity index (χ2n) is 3.33. The molecule has 5 heteroatoms. The van der Waals surface area contributed by atoms with Crippen LogP contribution >= 0.6 is 11.8 Å². The second kappa shape index (κ2) is 4.11. The molecule has 1 aromatic heterocycles. The topological polar surface area (TPSA) is 50.9 Å². The van der Waals surface area contributed by atoms with Crippen molar-refractivity contribution in [1.29, 1.82) is 0 Å². The summed E-state index contributed by atoms with van der Waals surface area (Å²) in [7, 11) is 0. The summed E-state index contributed by atoms with van der Waals surface area (Å²) < 4.78 is 1.65. The lowest BCUT2D eigenvalue weighted by Gasteiger charge is -2.28. The van der Waals surface area contributed by atoms with Crippen LogP contribution in [0.5, 0.6) is 0 Å². The number of hydrogen-bond donors (Lipinski definition) is 1. The van der Waals surface area contributed by atoms with Crippen LogP contribution in [0.15, 0.2) is 12.7 Å². The van der Waals surface area contributed by atoms with Crippen molar-refractivity contribution in [3.8, 4) is 0 Å².